The van der Waals surface area contributed by atoms with Crippen molar-refractivity contribution in [2.24, 2.45) is 0 Å². The number of ketones is 1. The van der Waals surface area contributed by atoms with Gasteiger partial charge in [0.1, 0.15) is 17.5 Å². The van der Waals surface area contributed by atoms with Gasteiger partial charge in [0.05, 0.1) is 7.11 Å². The summed E-state index contributed by atoms with van der Waals surface area (Å²) in [4.78, 5) is 24.6. The van der Waals surface area contributed by atoms with Crippen LogP contribution in [0.25, 0.3) is 0 Å². The third-order valence-corrected chi connectivity index (χ3v) is 5.64. The Balaban J connectivity index is 2.11. The fraction of sp³-hybridized carbons (Fsp3) is 0.333. The maximum atomic E-state index is 13.3. The molecule has 6 heteroatoms. The van der Waals surface area contributed by atoms with Crippen molar-refractivity contribution >= 4 is 23.5 Å². The van der Waals surface area contributed by atoms with Crippen LogP contribution >= 0.6 is 11.8 Å². The van der Waals surface area contributed by atoms with E-state index >= 15 is 0 Å². The predicted octanol–water partition coefficient (Wildman–Crippen LogP) is 4.17. The van der Waals surface area contributed by atoms with Gasteiger partial charge in [-0.2, -0.15) is 0 Å². The average Bonchev–Trinajstić information content (AvgIpc) is 2.83. The van der Waals surface area contributed by atoms with Crippen LogP contribution in [0.15, 0.2) is 59.5 Å². The Kier molecular flexibility index (Phi) is 5.31. The highest BCUT2D eigenvalue weighted by Gasteiger charge is 2.64. The number of hydrogen-bond acceptors (Lipinski definition) is 6. The lowest BCUT2D eigenvalue weighted by atomic mass is 9.97. The van der Waals surface area contributed by atoms with Gasteiger partial charge in [-0.1, -0.05) is 42.1 Å². The Labute approximate surface area is 163 Å². The minimum absolute atomic E-state index is 0.278. The van der Waals surface area contributed by atoms with Crippen molar-refractivity contribution in [1.29, 1.82) is 0 Å². The zero-order valence-corrected chi connectivity index (χ0v) is 16.5. The number of thioether (sulfide) groups is 1. The summed E-state index contributed by atoms with van der Waals surface area (Å²) in [5.41, 5.74) is -0.360. The van der Waals surface area contributed by atoms with E-state index < -0.39 is 22.6 Å². The Bertz CT molecular complexity index is 831. The van der Waals surface area contributed by atoms with Crippen LogP contribution in [-0.2, 0) is 19.1 Å². The number of carbonyl (C=O) groups is 2. The molecule has 0 saturated carbocycles. The van der Waals surface area contributed by atoms with Crippen molar-refractivity contribution in [2.45, 2.75) is 42.3 Å². The van der Waals surface area contributed by atoms with E-state index in [-0.39, 0.29) is 5.78 Å². The van der Waals surface area contributed by atoms with Gasteiger partial charge < -0.3 is 14.2 Å². The largest absolute Gasteiger partial charge is 0.497 e. The van der Waals surface area contributed by atoms with Crippen molar-refractivity contribution in [2.75, 3.05) is 7.11 Å². The van der Waals surface area contributed by atoms with Gasteiger partial charge in [0, 0.05) is 11.8 Å². The molecule has 5 nitrogen and oxygen atoms in total. The average molecular weight is 386 g/mol. The fourth-order valence-corrected chi connectivity index (χ4v) is 4.56. The van der Waals surface area contributed by atoms with Gasteiger partial charge in [-0.15, -0.1) is 0 Å². The molecule has 2 aromatic rings. The smallest absolute Gasteiger partial charge is 0.304 e. The van der Waals surface area contributed by atoms with Gasteiger partial charge in [-0.3, -0.25) is 9.59 Å². The molecule has 0 amide bonds. The highest BCUT2D eigenvalue weighted by atomic mass is 32.2. The molecule has 2 unspecified atom stereocenters. The van der Waals surface area contributed by atoms with E-state index in [0.29, 0.717) is 5.75 Å². The van der Waals surface area contributed by atoms with E-state index in [1.54, 1.807) is 33.1 Å². The van der Waals surface area contributed by atoms with Gasteiger partial charge in [0.15, 0.2) is 0 Å². The zero-order chi connectivity index (χ0) is 19.7. The third kappa shape index (κ3) is 3.73. The minimum Gasteiger partial charge on any atom is -0.497 e. The molecule has 0 radical (unpaired) electrons. The lowest BCUT2D eigenvalue weighted by Gasteiger charge is -2.31. The Morgan fingerprint density at radius 2 is 1.70 bits per heavy atom. The molecule has 0 spiro atoms. The first-order valence-electron chi connectivity index (χ1n) is 8.59. The summed E-state index contributed by atoms with van der Waals surface area (Å²) in [6, 6.07) is 16.6. The summed E-state index contributed by atoms with van der Waals surface area (Å²) in [5.74, 6) is -0.123. The maximum absolute atomic E-state index is 13.3. The topological polar surface area (TPSA) is 61.8 Å². The summed E-state index contributed by atoms with van der Waals surface area (Å²) in [7, 11) is 1.59. The van der Waals surface area contributed by atoms with Crippen LogP contribution in [0, 0.1) is 0 Å². The predicted molar refractivity (Wildman–Crippen MR) is 103 cm³/mol. The lowest BCUT2D eigenvalue weighted by molar-refractivity contribution is -0.157. The fourth-order valence-electron chi connectivity index (χ4n) is 3.13. The molecule has 3 rings (SSSR count). The second-order valence-corrected chi connectivity index (χ2v) is 8.07. The molecular formula is C21H22O5S. The highest BCUT2D eigenvalue weighted by Crippen LogP contribution is 2.54. The Morgan fingerprint density at radius 1 is 1.07 bits per heavy atom. The second kappa shape index (κ2) is 7.37. The van der Waals surface area contributed by atoms with Gasteiger partial charge >= 0.3 is 5.97 Å². The second-order valence-electron chi connectivity index (χ2n) is 6.79. The van der Waals surface area contributed by atoms with Crippen LogP contribution in [0.4, 0.5) is 0 Å². The van der Waals surface area contributed by atoms with Crippen molar-refractivity contribution in [3.63, 3.8) is 0 Å². The van der Waals surface area contributed by atoms with Crippen molar-refractivity contribution < 1.29 is 23.8 Å². The molecular weight excluding hydrogens is 364 g/mol. The lowest BCUT2D eigenvalue weighted by Crippen LogP contribution is -2.44. The molecule has 0 aromatic heterocycles. The van der Waals surface area contributed by atoms with Crippen molar-refractivity contribution in [1.82, 2.24) is 0 Å². The third-order valence-electron chi connectivity index (χ3n) is 4.35. The zero-order valence-electron chi connectivity index (χ0n) is 15.7. The maximum Gasteiger partial charge on any atom is 0.304 e. The van der Waals surface area contributed by atoms with Gasteiger partial charge in [-0.25, -0.2) is 0 Å². The van der Waals surface area contributed by atoms with Crippen LogP contribution in [-0.4, -0.2) is 29.4 Å². The number of hydrogen-bond donors (Lipinski definition) is 0. The van der Waals surface area contributed by atoms with Gasteiger partial charge in [-0.05, 0) is 43.7 Å². The summed E-state index contributed by atoms with van der Waals surface area (Å²) in [6.45, 7) is 4.70. The molecule has 1 heterocycles. The number of rotatable bonds is 5. The first-order valence-corrected chi connectivity index (χ1v) is 9.40. The molecule has 0 N–H and O–H groups in total. The van der Waals surface area contributed by atoms with Crippen LogP contribution in [0.3, 0.4) is 0 Å². The van der Waals surface area contributed by atoms with E-state index in [4.69, 9.17) is 14.2 Å². The van der Waals surface area contributed by atoms with Crippen molar-refractivity contribution in [3.8, 4) is 5.75 Å². The Hall–Kier alpha value is -2.31. The van der Waals surface area contributed by atoms with Crippen LogP contribution in [0.1, 0.15) is 32.4 Å². The molecule has 1 saturated heterocycles. The first kappa shape index (κ1) is 19.5. The quantitative estimate of drug-likeness (QED) is 0.568. The monoisotopic (exact) mass is 386 g/mol. The molecule has 1 fully saturated rings. The summed E-state index contributed by atoms with van der Waals surface area (Å²) < 4.78 is 17.0. The molecule has 0 aliphatic carbocycles. The van der Waals surface area contributed by atoms with E-state index in [0.717, 1.165) is 10.5 Å². The number of ether oxygens (including phenoxy) is 3. The van der Waals surface area contributed by atoms with Crippen LogP contribution in [0.2, 0.25) is 0 Å². The van der Waals surface area contributed by atoms with Crippen LogP contribution < -0.4 is 4.74 Å². The first-order chi connectivity index (χ1) is 12.8. The molecule has 0 bridgehead atoms. The van der Waals surface area contributed by atoms with E-state index in [1.807, 2.05) is 42.5 Å². The Morgan fingerprint density at radius 3 is 2.26 bits per heavy atom. The number of benzene rings is 2. The number of carbonyl (C=O) groups excluding carboxylic acids is 2. The highest BCUT2D eigenvalue weighted by molar-refractivity contribution is 8.01. The van der Waals surface area contributed by atoms with Gasteiger partial charge in [0.25, 0.3) is 4.93 Å². The van der Waals surface area contributed by atoms with E-state index in [2.05, 4.69) is 0 Å². The number of Topliss-reactive ketones (excluding diaryl/α,β-unsaturated/α-hetero) is 1. The van der Waals surface area contributed by atoms with E-state index in [1.165, 1.54) is 18.7 Å². The molecule has 1 aliphatic heterocycles. The molecule has 1 aliphatic rings. The number of methoxy groups -OCH3 is 1. The molecule has 2 atom stereocenters. The van der Waals surface area contributed by atoms with Gasteiger partial charge in [0.2, 0.25) is 5.78 Å². The molecule has 142 valence electrons. The summed E-state index contributed by atoms with van der Waals surface area (Å²) in [6.07, 6.45) is -0.750. The minimum atomic E-state index is -1.51. The van der Waals surface area contributed by atoms with Crippen LogP contribution in [0.5, 0.6) is 5.75 Å². The normalized spacial score (nSPS) is 23.9. The summed E-state index contributed by atoms with van der Waals surface area (Å²) in [5, 5.41) is 0. The van der Waals surface area contributed by atoms with Crippen molar-refractivity contribution in [3.05, 3.63) is 60.2 Å². The number of esters is 1. The van der Waals surface area contributed by atoms with E-state index in [9.17, 15) is 9.59 Å². The molecule has 2 aromatic carbocycles. The SMILES string of the molecule is COc1ccc(C2OC(C)(C)C(=O)C2(OC(C)=O)Sc2ccccc2)cc1. The molecule has 27 heavy (non-hydrogen) atoms. The standard InChI is InChI=1S/C21H22O5S/c1-14(22)25-21(27-17-8-6-5-7-9-17)18(26-20(2,3)19(21)23)15-10-12-16(24-4)13-11-15/h5-13,18H,1-4H3. The summed E-state index contributed by atoms with van der Waals surface area (Å²) >= 11 is 1.20.